The third-order valence-corrected chi connectivity index (χ3v) is 2.96. The Morgan fingerprint density at radius 2 is 2.00 bits per heavy atom. The summed E-state index contributed by atoms with van der Waals surface area (Å²) in [5.41, 5.74) is 2.19. The van der Waals surface area contributed by atoms with Crippen molar-refractivity contribution in [1.82, 2.24) is 20.4 Å². The van der Waals surface area contributed by atoms with Crippen LogP contribution in [0.25, 0.3) is 0 Å². The van der Waals surface area contributed by atoms with Crippen molar-refractivity contribution < 1.29 is 4.79 Å². The van der Waals surface area contributed by atoms with Gasteiger partial charge in [0.25, 0.3) is 0 Å². The third-order valence-electron chi connectivity index (χ3n) is 2.96. The van der Waals surface area contributed by atoms with E-state index in [2.05, 4.69) is 15.7 Å². The fraction of sp³-hybridized carbons (Fsp3) is 0.333. The predicted octanol–water partition coefficient (Wildman–Crippen LogP) is 1.31. The van der Waals surface area contributed by atoms with Gasteiger partial charge in [-0.25, -0.2) is 0 Å². The Hall–Kier alpha value is -2.14. The van der Waals surface area contributed by atoms with Crippen molar-refractivity contribution in [2.75, 3.05) is 6.54 Å². The fourth-order valence-electron chi connectivity index (χ4n) is 1.85. The van der Waals surface area contributed by atoms with Gasteiger partial charge in [0.1, 0.15) is 0 Å². The third kappa shape index (κ3) is 4.51. The summed E-state index contributed by atoms with van der Waals surface area (Å²) in [6.07, 6.45) is 3.80. The Kier molecular flexibility index (Phi) is 5.32. The number of carbonyl (C=O) groups is 1. The van der Waals surface area contributed by atoms with Gasteiger partial charge in [-0.2, -0.15) is 5.10 Å². The summed E-state index contributed by atoms with van der Waals surface area (Å²) < 4.78 is 1.87. The molecule has 1 amide bonds. The average Bonchev–Trinajstić information content (AvgIpc) is 2.94. The van der Waals surface area contributed by atoms with Gasteiger partial charge in [-0.05, 0) is 12.5 Å². The molecule has 2 aromatic rings. The minimum absolute atomic E-state index is 0.00302. The number of nitrogens with one attached hydrogen (secondary N) is 2. The molecule has 0 aliphatic carbocycles. The van der Waals surface area contributed by atoms with Gasteiger partial charge in [0, 0.05) is 31.4 Å². The van der Waals surface area contributed by atoms with E-state index in [0.29, 0.717) is 19.6 Å². The van der Waals surface area contributed by atoms with Crippen molar-refractivity contribution in [3.05, 3.63) is 53.9 Å². The zero-order valence-electron chi connectivity index (χ0n) is 11.7. The molecule has 0 atom stereocenters. The molecule has 2 rings (SSSR count). The SMILES string of the molecule is CCn1cc(CNCC(=O)NCc2ccccc2)cn1. The standard InChI is InChI=1S/C15H20N4O/c1-2-19-12-14(10-18-19)8-16-11-15(20)17-9-13-6-4-3-5-7-13/h3-7,10,12,16H,2,8-9,11H2,1H3,(H,17,20). The molecule has 0 spiro atoms. The summed E-state index contributed by atoms with van der Waals surface area (Å²) in [6.45, 7) is 4.43. The largest absolute Gasteiger partial charge is 0.351 e. The number of hydrogen-bond donors (Lipinski definition) is 2. The molecule has 0 unspecified atom stereocenters. The first-order valence-corrected chi connectivity index (χ1v) is 6.80. The van der Waals surface area contributed by atoms with Crippen molar-refractivity contribution in [1.29, 1.82) is 0 Å². The molecule has 0 radical (unpaired) electrons. The minimum atomic E-state index is -0.00302. The van der Waals surface area contributed by atoms with Crippen LogP contribution in [-0.4, -0.2) is 22.2 Å². The van der Waals surface area contributed by atoms with Crippen LogP contribution in [0.5, 0.6) is 0 Å². The summed E-state index contributed by atoms with van der Waals surface area (Å²) in [6, 6.07) is 9.87. The van der Waals surface area contributed by atoms with Crippen LogP contribution in [0, 0.1) is 0 Å². The van der Waals surface area contributed by atoms with Crippen molar-refractivity contribution in [2.45, 2.75) is 26.6 Å². The zero-order chi connectivity index (χ0) is 14.2. The Morgan fingerprint density at radius 1 is 1.20 bits per heavy atom. The summed E-state index contributed by atoms with van der Waals surface area (Å²) >= 11 is 0. The van der Waals surface area contributed by atoms with E-state index in [4.69, 9.17) is 0 Å². The van der Waals surface area contributed by atoms with E-state index in [1.165, 1.54) is 0 Å². The van der Waals surface area contributed by atoms with Crippen molar-refractivity contribution >= 4 is 5.91 Å². The molecule has 0 fully saturated rings. The fourth-order valence-corrected chi connectivity index (χ4v) is 1.85. The summed E-state index contributed by atoms with van der Waals surface area (Å²) in [7, 11) is 0. The van der Waals surface area contributed by atoms with E-state index in [1.807, 2.05) is 54.3 Å². The Bertz CT molecular complexity index is 536. The average molecular weight is 272 g/mol. The monoisotopic (exact) mass is 272 g/mol. The highest BCUT2D eigenvalue weighted by molar-refractivity contribution is 5.77. The number of hydrogen-bond acceptors (Lipinski definition) is 3. The zero-order valence-corrected chi connectivity index (χ0v) is 11.7. The van der Waals surface area contributed by atoms with Crippen LogP contribution < -0.4 is 10.6 Å². The molecule has 0 aliphatic rings. The van der Waals surface area contributed by atoms with Crippen molar-refractivity contribution in [2.24, 2.45) is 0 Å². The number of aromatic nitrogens is 2. The van der Waals surface area contributed by atoms with E-state index in [0.717, 1.165) is 17.7 Å². The number of rotatable bonds is 7. The molecule has 0 saturated carbocycles. The van der Waals surface area contributed by atoms with E-state index >= 15 is 0 Å². The van der Waals surface area contributed by atoms with Crippen LogP contribution in [0.15, 0.2) is 42.7 Å². The van der Waals surface area contributed by atoms with Crippen LogP contribution in [0.4, 0.5) is 0 Å². The summed E-state index contributed by atoms with van der Waals surface area (Å²) in [5, 5.41) is 10.2. The van der Waals surface area contributed by atoms with Crippen LogP contribution in [0.2, 0.25) is 0 Å². The lowest BCUT2D eigenvalue weighted by Gasteiger charge is -2.06. The molecule has 0 aliphatic heterocycles. The number of carbonyl (C=O) groups excluding carboxylic acids is 1. The molecular formula is C15H20N4O. The second kappa shape index (κ2) is 7.45. The summed E-state index contributed by atoms with van der Waals surface area (Å²) in [4.78, 5) is 11.7. The molecule has 1 aromatic carbocycles. The van der Waals surface area contributed by atoms with Crippen LogP contribution in [0.1, 0.15) is 18.1 Å². The number of aryl methyl sites for hydroxylation is 1. The van der Waals surface area contributed by atoms with Crippen molar-refractivity contribution in [3.8, 4) is 0 Å². The van der Waals surface area contributed by atoms with Gasteiger partial charge in [0.15, 0.2) is 0 Å². The number of amides is 1. The van der Waals surface area contributed by atoms with Gasteiger partial charge >= 0.3 is 0 Å². The molecule has 5 nitrogen and oxygen atoms in total. The van der Waals surface area contributed by atoms with E-state index in [1.54, 1.807) is 0 Å². The summed E-state index contributed by atoms with van der Waals surface area (Å²) in [5.74, 6) is -0.00302. The highest BCUT2D eigenvalue weighted by Crippen LogP contribution is 1.98. The Morgan fingerprint density at radius 3 is 2.70 bits per heavy atom. The minimum Gasteiger partial charge on any atom is -0.351 e. The van der Waals surface area contributed by atoms with Gasteiger partial charge in [-0.15, -0.1) is 0 Å². The maximum atomic E-state index is 11.7. The Balaban J connectivity index is 1.65. The first-order chi connectivity index (χ1) is 9.78. The lowest BCUT2D eigenvalue weighted by molar-refractivity contribution is -0.120. The molecule has 20 heavy (non-hydrogen) atoms. The van der Waals surface area contributed by atoms with Crippen molar-refractivity contribution in [3.63, 3.8) is 0 Å². The van der Waals surface area contributed by atoms with Gasteiger partial charge in [-0.3, -0.25) is 9.48 Å². The molecule has 106 valence electrons. The molecule has 1 heterocycles. The van der Waals surface area contributed by atoms with Gasteiger partial charge in [0.2, 0.25) is 5.91 Å². The van der Waals surface area contributed by atoms with Crippen LogP contribution in [-0.2, 0) is 24.4 Å². The highest BCUT2D eigenvalue weighted by atomic mass is 16.1. The lowest BCUT2D eigenvalue weighted by atomic mass is 10.2. The first kappa shape index (κ1) is 14.3. The normalized spacial score (nSPS) is 10.4. The topological polar surface area (TPSA) is 59.0 Å². The quantitative estimate of drug-likeness (QED) is 0.799. The number of benzene rings is 1. The van der Waals surface area contributed by atoms with Crippen LogP contribution >= 0.6 is 0 Å². The van der Waals surface area contributed by atoms with Crippen LogP contribution in [0.3, 0.4) is 0 Å². The lowest BCUT2D eigenvalue weighted by Crippen LogP contribution is -2.33. The molecule has 0 bridgehead atoms. The molecule has 2 N–H and O–H groups in total. The van der Waals surface area contributed by atoms with Gasteiger partial charge in [-0.1, -0.05) is 30.3 Å². The maximum Gasteiger partial charge on any atom is 0.234 e. The molecule has 1 aromatic heterocycles. The molecule has 0 saturated heterocycles. The molecular weight excluding hydrogens is 252 g/mol. The second-order valence-electron chi connectivity index (χ2n) is 4.57. The smallest absolute Gasteiger partial charge is 0.234 e. The van der Waals surface area contributed by atoms with Gasteiger partial charge in [0.05, 0.1) is 12.7 Å². The first-order valence-electron chi connectivity index (χ1n) is 6.80. The highest BCUT2D eigenvalue weighted by Gasteiger charge is 2.02. The van der Waals surface area contributed by atoms with E-state index in [9.17, 15) is 4.79 Å². The maximum absolute atomic E-state index is 11.7. The molecule has 5 heteroatoms. The second-order valence-corrected chi connectivity index (χ2v) is 4.57. The van der Waals surface area contributed by atoms with E-state index in [-0.39, 0.29) is 5.91 Å². The van der Waals surface area contributed by atoms with E-state index < -0.39 is 0 Å². The number of nitrogens with zero attached hydrogens (tertiary/aromatic N) is 2. The Labute approximate surface area is 119 Å². The predicted molar refractivity (Wildman–Crippen MR) is 77.9 cm³/mol. The van der Waals surface area contributed by atoms with Gasteiger partial charge < -0.3 is 10.6 Å².